The molecule has 2 fully saturated rings. The quantitative estimate of drug-likeness (QED) is 0.726. The third kappa shape index (κ3) is 3.65. The van der Waals surface area contributed by atoms with E-state index in [2.05, 4.69) is 13.5 Å². The molecule has 0 aromatic rings. The van der Waals surface area contributed by atoms with E-state index in [1.165, 1.54) is 44.9 Å². The number of rotatable bonds is 5. The van der Waals surface area contributed by atoms with Crippen molar-refractivity contribution in [3.05, 3.63) is 12.7 Å². The van der Waals surface area contributed by atoms with Gasteiger partial charge >= 0.3 is 5.97 Å². The number of hydrogen-bond acceptors (Lipinski definition) is 1. The molecular formula is C18H30O2. The van der Waals surface area contributed by atoms with E-state index in [9.17, 15) is 9.90 Å². The standard InChI is InChI=1S/C18H30O2/c1-3-13-5-7-14(8-6-13)15-9-11-16(12-10-15)17(4-2)18(19)20/h4,13-17H,2-3,5-12H2,1H3,(H,19,20). The topological polar surface area (TPSA) is 37.3 Å². The molecule has 1 N–H and O–H groups in total. The first-order valence-corrected chi connectivity index (χ1v) is 8.51. The summed E-state index contributed by atoms with van der Waals surface area (Å²) in [5.74, 6) is 2.07. The van der Waals surface area contributed by atoms with Crippen molar-refractivity contribution in [2.75, 3.05) is 0 Å². The molecule has 2 rings (SSSR count). The van der Waals surface area contributed by atoms with Crippen molar-refractivity contribution >= 4 is 5.97 Å². The maximum absolute atomic E-state index is 11.2. The Morgan fingerprint density at radius 2 is 1.60 bits per heavy atom. The average Bonchev–Trinajstić information content (AvgIpc) is 2.48. The van der Waals surface area contributed by atoms with Crippen LogP contribution in [0.3, 0.4) is 0 Å². The molecule has 2 aliphatic rings. The van der Waals surface area contributed by atoms with Gasteiger partial charge in [-0.05, 0) is 62.2 Å². The lowest BCUT2D eigenvalue weighted by molar-refractivity contribution is -0.142. The van der Waals surface area contributed by atoms with E-state index in [4.69, 9.17) is 0 Å². The minimum atomic E-state index is -0.688. The van der Waals surface area contributed by atoms with E-state index in [-0.39, 0.29) is 5.92 Å². The Balaban J connectivity index is 1.79. The summed E-state index contributed by atoms with van der Waals surface area (Å²) in [6.45, 7) is 6.02. The van der Waals surface area contributed by atoms with E-state index in [1.807, 2.05) is 0 Å². The van der Waals surface area contributed by atoms with Crippen LogP contribution in [0.4, 0.5) is 0 Å². The van der Waals surface area contributed by atoms with Crippen LogP contribution < -0.4 is 0 Å². The summed E-state index contributed by atoms with van der Waals surface area (Å²) in [5.41, 5.74) is 0. The number of carbonyl (C=O) groups is 1. The molecule has 2 aliphatic carbocycles. The summed E-state index contributed by atoms with van der Waals surface area (Å²) in [4.78, 5) is 11.2. The van der Waals surface area contributed by atoms with Crippen LogP contribution in [-0.2, 0) is 4.79 Å². The van der Waals surface area contributed by atoms with E-state index in [0.29, 0.717) is 5.92 Å². The highest BCUT2D eigenvalue weighted by Crippen LogP contribution is 2.43. The molecule has 20 heavy (non-hydrogen) atoms. The minimum Gasteiger partial charge on any atom is -0.481 e. The maximum Gasteiger partial charge on any atom is 0.310 e. The lowest BCUT2D eigenvalue weighted by atomic mass is 9.67. The molecule has 0 spiro atoms. The van der Waals surface area contributed by atoms with E-state index in [0.717, 1.165) is 30.6 Å². The Labute approximate surface area is 123 Å². The molecule has 1 atom stereocenters. The van der Waals surface area contributed by atoms with Gasteiger partial charge in [0.15, 0.2) is 0 Å². The Morgan fingerprint density at radius 3 is 2.00 bits per heavy atom. The Kier molecular flexibility index (Phi) is 5.68. The molecule has 0 radical (unpaired) electrons. The van der Waals surface area contributed by atoms with Gasteiger partial charge in [-0.3, -0.25) is 4.79 Å². The van der Waals surface area contributed by atoms with E-state index in [1.54, 1.807) is 6.08 Å². The predicted molar refractivity (Wildman–Crippen MR) is 82.5 cm³/mol. The van der Waals surface area contributed by atoms with Crippen molar-refractivity contribution in [2.45, 2.75) is 64.7 Å². The van der Waals surface area contributed by atoms with Gasteiger partial charge in [-0.2, -0.15) is 0 Å². The molecule has 2 saturated carbocycles. The summed E-state index contributed by atoms with van der Waals surface area (Å²) in [5, 5.41) is 9.23. The molecule has 2 heteroatoms. The third-order valence-electron chi connectivity index (χ3n) is 6.00. The van der Waals surface area contributed by atoms with Gasteiger partial charge in [0.1, 0.15) is 0 Å². The Hall–Kier alpha value is -0.790. The number of carboxylic acids is 1. The van der Waals surface area contributed by atoms with Crippen LogP contribution in [0.2, 0.25) is 0 Å². The largest absolute Gasteiger partial charge is 0.481 e. The van der Waals surface area contributed by atoms with Crippen molar-refractivity contribution < 1.29 is 9.90 Å². The SMILES string of the molecule is C=CC(C(=O)O)C1CCC(C2CCC(CC)CC2)CC1. The summed E-state index contributed by atoms with van der Waals surface area (Å²) < 4.78 is 0. The Morgan fingerprint density at radius 1 is 1.10 bits per heavy atom. The van der Waals surface area contributed by atoms with Gasteiger partial charge in [0, 0.05) is 0 Å². The summed E-state index contributed by atoms with van der Waals surface area (Å²) >= 11 is 0. The van der Waals surface area contributed by atoms with Gasteiger partial charge in [0.2, 0.25) is 0 Å². The first-order chi connectivity index (χ1) is 9.65. The fourth-order valence-corrected chi connectivity index (χ4v) is 4.54. The molecule has 0 aromatic heterocycles. The van der Waals surface area contributed by atoms with Crippen molar-refractivity contribution in [1.29, 1.82) is 0 Å². The van der Waals surface area contributed by atoms with Crippen molar-refractivity contribution in [3.8, 4) is 0 Å². The summed E-state index contributed by atoms with van der Waals surface area (Å²) in [7, 11) is 0. The maximum atomic E-state index is 11.2. The normalized spacial score (nSPS) is 36.2. The van der Waals surface area contributed by atoms with E-state index >= 15 is 0 Å². The van der Waals surface area contributed by atoms with Crippen LogP contribution in [-0.4, -0.2) is 11.1 Å². The third-order valence-corrected chi connectivity index (χ3v) is 6.00. The molecule has 0 aliphatic heterocycles. The zero-order valence-electron chi connectivity index (χ0n) is 12.9. The molecule has 114 valence electrons. The van der Waals surface area contributed by atoms with Crippen LogP contribution >= 0.6 is 0 Å². The highest BCUT2D eigenvalue weighted by Gasteiger charge is 2.34. The minimum absolute atomic E-state index is 0.327. The molecule has 0 saturated heterocycles. The molecule has 0 amide bonds. The molecular weight excluding hydrogens is 248 g/mol. The smallest absolute Gasteiger partial charge is 0.310 e. The van der Waals surface area contributed by atoms with Gasteiger partial charge in [-0.15, -0.1) is 6.58 Å². The first-order valence-electron chi connectivity index (χ1n) is 8.51. The van der Waals surface area contributed by atoms with Crippen molar-refractivity contribution in [2.24, 2.45) is 29.6 Å². The molecule has 0 bridgehead atoms. The highest BCUT2D eigenvalue weighted by atomic mass is 16.4. The van der Waals surface area contributed by atoms with Gasteiger partial charge in [-0.25, -0.2) is 0 Å². The zero-order valence-corrected chi connectivity index (χ0v) is 12.9. The van der Waals surface area contributed by atoms with Gasteiger partial charge in [-0.1, -0.05) is 32.3 Å². The fraction of sp³-hybridized carbons (Fsp3) is 0.833. The van der Waals surface area contributed by atoms with Crippen LogP contribution in [0.1, 0.15) is 64.7 Å². The van der Waals surface area contributed by atoms with E-state index < -0.39 is 5.97 Å². The Bertz CT molecular complexity index is 320. The van der Waals surface area contributed by atoms with Crippen LogP contribution in [0.5, 0.6) is 0 Å². The highest BCUT2D eigenvalue weighted by molar-refractivity contribution is 5.72. The molecule has 2 nitrogen and oxygen atoms in total. The van der Waals surface area contributed by atoms with Crippen molar-refractivity contribution in [3.63, 3.8) is 0 Å². The van der Waals surface area contributed by atoms with Gasteiger partial charge in [0.05, 0.1) is 5.92 Å². The van der Waals surface area contributed by atoms with Gasteiger partial charge < -0.3 is 5.11 Å². The summed E-state index contributed by atoms with van der Waals surface area (Å²) in [6.07, 6.45) is 13.3. The van der Waals surface area contributed by atoms with Crippen LogP contribution in [0.25, 0.3) is 0 Å². The second-order valence-electron chi connectivity index (χ2n) is 6.96. The molecule has 0 aromatic carbocycles. The van der Waals surface area contributed by atoms with Crippen LogP contribution in [0, 0.1) is 29.6 Å². The number of hydrogen-bond donors (Lipinski definition) is 1. The van der Waals surface area contributed by atoms with Crippen molar-refractivity contribution in [1.82, 2.24) is 0 Å². The number of carboxylic acid groups (broad SMARTS) is 1. The fourth-order valence-electron chi connectivity index (χ4n) is 4.54. The molecule has 0 heterocycles. The zero-order chi connectivity index (χ0) is 14.5. The lowest BCUT2D eigenvalue weighted by Gasteiger charge is -2.38. The molecule has 1 unspecified atom stereocenters. The van der Waals surface area contributed by atoms with Crippen LogP contribution in [0.15, 0.2) is 12.7 Å². The van der Waals surface area contributed by atoms with Gasteiger partial charge in [0.25, 0.3) is 0 Å². The average molecular weight is 278 g/mol. The lowest BCUT2D eigenvalue weighted by Crippen LogP contribution is -2.30. The second kappa shape index (κ2) is 7.28. The predicted octanol–water partition coefficient (Wildman–Crippen LogP) is 4.90. The monoisotopic (exact) mass is 278 g/mol. The number of aliphatic carboxylic acids is 1. The first kappa shape index (κ1) is 15.6. The summed E-state index contributed by atoms with van der Waals surface area (Å²) in [6, 6.07) is 0. The second-order valence-corrected chi connectivity index (χ2v) is 6.96.